The maximum absolute atomic E-state index is 13.1. The predicted octanol–water partition coefficient (Wildman–Crippen LogP) is 4.46. The number of nitrogens with one attached hydrogen (secondary N) is 2. The highest BCUT2D eigenvalue weighted by atomic mass is 16.2. The van der Waals surface area contributed by atoms with Gasteiger partial charge >= 0.3 is 0 Å². The molecule has 0 spiro atoms. The topological polar surface area (TPSA) is 78.5 Å². The molecule has 6 heteroatoms. The average Bonchev–Trinajstić information content (AvgIpc) is 2.89. The first-order chi connectivity index (χ1) is 17.0. The van der Waals surface area contributed by atoms with E-state index < -0.39 is 0 Å². The molecule has 0 atom stereocenters. The summed E-state index contributed by atoms with van der Waals surface area (Å²) in [5, 5.41) is 5.90. The summed E-state index contributed by atoms with van der Waals surface area (Å²) in [6.45, 7) is 3.66. The number of nitrogens with zero attached hydrogens (tertiary/aromatic N) is 1. The minimum atomic E-state index is -0.214. The fourth-order valence-corrected chi connectivity index (χ4v) is 4.28. The summed E-state index contributed by atoms with van der Waals surface area (Å²) in [6, 6.07) is 24.4. The standard InChI is InChI=1S/C29H31N3O3/c1-21-10-12-23(13-11-21)28(34)31-26-9-5-8-25(20-26)29(35)32-18-15-24(16-19-32)27(33)30-17-14-22-6-3-2-4-7-22/h2-13,20,24H,14-19H2,1H3,(H,30,33)(H,31,34). The molecule has 1 heterocycles. The number of hydrogen-bond acceptors (Lipinski definition) is 3. The Morgan fingerprint density at radius 2 is 1.57 bits per heavy atom. The van der Waals surface area contributed by atoms with Crippen LogP contribution in [-0.4, -0.2) is 42.3 Å². The van der Waals surface area contributed by atoms with Crippen molar-refractivity contribution in [1.29, 1.82) is 0 Å². The zero-order chi connectivity index (χ0) is 24.6. The van der Waals surface area contributed by atoms with Gasteiger partial charge in [0.1, 0.15) is 0 Å². The number of anilines is 1. The summed E-state index contributed by atoms with van der Waals surface area (Å²) in [6.07, 6.45) is 2.10. The van der Waals surface area contributed by atoms with Crippen LogP contribution in [0.3, 0.4) is 0 Å². The van der Waals surface area contributed by atoms with Crippen LogP contribution in [0.2, 0.25) is 0 Å². The second-order valence-electron chi connectivity index (χ2n) is 8.99. The van der Waals surface area contributed by atoms with E-state index in [4.69, 9.17) is 0 Å². The van der Waals surface area contributed by atoms with Crippen LogP contribution in [0.4, 0.5) is 5.69 Å². The maximum Gasteiger partial charge on any atom is 0.255 e. The molecule has 3 amide bonds. The quantitative estimate of drug-likeness (QED) is 0.536. The van der Waals surface area contributed by atoms with Gasteiger partial charge in [-0.3, -0.25) is 14.4 Å². The van der Waals surface area contributed by atoms with Gasteiger partial charge in [0.2, 0.25) is 5.91 Å². The molecule has 1 fully saturated rings. The first kappa shape index (κ1) is 24.2. The summed E-state index contributed by atoms with van der Waals surface area (Å²) in [5.41, 5.74) is 3.95. The lowest BCUT2D eigenvalue weighted by molar-refractivity contribution is -0.126. The molecule has 3 aromatic carbocycles. The van der Waals surface area contributed by atoms with E-state index in [9.17, 15) is 14.4 Å². The lowest BCUT2D eigenvalue weighted by Gasteiger charge is -2.31. The number of hydrogen-bond donors (Lipinski definition) is 2. The Balaban J connectivity index is 1.27. The van der Waals surface area contributed by atoms with E-state index in [1.807, 2.05) is 37.3 Å². The van der Waals surface area contributed by atoms with Gasteiger partial charge in [0.25, 0.3) is 11.8 Å². The van der Waals surface area contributed by atoms with E-state index in [0.717, 1.165) is 12.0 Å². The molecule has 3 aromatic rings. The Bertz CT molecular complexity index is 1170. The molecule has 1 saturated heterocycles. The van der Waals surface area contributed by atoms with Crippen LogP contribution in [-0.2, 0) is 11.2 Å². The first-order valence-electron chi connectivity index (χ1n) is 12.1. The molecule has 0 bridgehead atoms. The molecule has 0 radical (unpaired) electrons. The molecule has 6 nitrogen and oxygen atoms in total. The maximum atomic E-state index is 13.1. The van der Waals surface area contributed by atoms with Gasteiger partial charge in [-0.05, 0) is 62.1 Å². The van der Waals surface area contributed by atoms with E-state index in [0.29, 0.717) is 49.3 Å². The van der Waals surface area contributed by atoms with Gasteiger partial charge in [0.15, 0.2) is 0 Å². The number of benzene rings is 3. The van der Waals surface area contributed by atoms with Crippen molar-refractivity contribution < 1.29 is 14.4 Å². The molecule has 35 heavy (non-hydrogen) atoms. The van der Waals surface area contributed by atoms with Gasteiger partial charge in [0, 0.05) is 42.4 Å². The number of carbonyl (C=O) groups is 3. The van der Waals surface area contributed by atoms with Gasteiger partial charge in [-0.15, -0.1) is 0 Å². The fourth-order valence-electron chi connectivity index (χ4n) is 4.28. The number of carbonyl (C=O) groups excluding carboxylic acids is 3. The summed E-state index contributed by atoms with van der Waals surface area (Å²) in [4.78, 5) is 39.9. The molecule has 180 valence electrons. The van der Waals surface area contributed by atoms with Crippen LogP contribution >= 0.6 is 0 Å². The minimum Gasteiger partial charge on any atom is -0.356 e. The highest BCUT2D eigenvalue weighted by Crippen LogP contribution is 2.21. The van der Waals surface area contributed by atoms with E-state index in [2.05, 4.69) is 22.8 Å². The average molecular weight is 470 g/mol. The molecular formula is C29H31N3O3. The number of amides is 3. The summed E-state index contributed by atoms with van der Waals surface area (Å²) in [5.74, 6) is -0.308. The van der Waals surface area contributed by atoms with Crippen molar-refractivity contribution in [3.63, 3.8) is 0 Å². The van der Waals surface area contributed by atoms with Gasteiger partial charge in [-0.1, -0.05) is 54.1 Å². The fraction of sp³-hybridized carbons (Fsp3) is 0.276. The SMILES string of the molecule is Cc1ccc(C(=O)Nc2cccc(C(=O)N3CCC(C(=O)NCCc4ccccc4)CC3)c2)cc1. The zero-order valence-electron chi connectivity index (χ0n) is 20.0. The summed E-state index contributed by atoms with van der Waals surface area (Å²) >= 11 is 0. The third-order valence-electron chi connectivity index (χ3n) is 6.39. The van der Waals surface area contributed by atoms with Crippen molar-refractivity contribution >= 4 is 23.4 Å². The third kappa shape index (κ3) is 6.57. The van der Waals surface area contributed by atoms with Crippen LogP contribution < -0.4 is 10.6 Å². The van der Waals surface area contributed by atoms with Crippen molar-refractivity contribution in [2.75, 3.05) is 25.0 Å². The van der Waals surface area contributed by atoms with Crippen molar-refractivity contribution in [2.45, 2.75) is 26.2 Å². The van der Waals surface area contributed by atoms with Gasteiger partial charge < -0.3 is 15.5 Å². The number of aryl methyl sites for hydroxylation is 1. The van der Waals surface area contributed by atoms with Gasteiger partial charge in [0.05, 0.1) is 0 Å². The summed E-state index contributed by atoms with van der Waals surface area (Å²) < 4.78 is 0. The van der Waals surface area contributed by atoms with Crippen LogP contribution in [0.25, 0.3) is 0 Å². The normalized spacial score (nSPS) is 13.8. The smallest absolute Gasteiger partial charge is 0.255 e. The summed E-state index contributed by atoms with van der Waals surface area (Å²) in [7, 11) is 0. The van der Waals surface area contributed by atoms with Crippen molar-refractivity contribution in [2.24, 2.45) is 5.92 Å². The Morgan fingerprint density at radius 3 is 2.29 bits per heavy atom. The van der Waals surface area contributed by atoms with E-state index in [1.165, 1.54) is 5.56 Å². The molecule has 1 aliphatic heterocycles. The van der Waals surface area contributed by atoms with Crippen LogP contribution in [0, 0.1) is 12.8 Å². The van der Waals surface area contributed by atoms with E-state index in [1.54, 1.807) is 41.3 Å². The van der Waals surface area contributed by atoms with Gasteiger partial charge in [-0.2, -0.15) is 0 Å². The molecule has 0 aliphatic carbocycles. The first-order valence-corrected chi connectivity index (χ1v) is 12.1. The predicted molar refractivity (Wildman–Crippen MR) is 137 cm³/mol. The highest BCUT2D eigenvalue weighted by molar-refractivity contribution is 6.05. The molecule has 2 N–H and O–H groups in total. The van der Waals surface area contributed by atoms with Crippen molar-refractivity contribution in [1.82, 2.24) is 10.2 Å². The Morgan fingerprint density at radius 1 is 0.857 bits per heavy atom. The van der Waals surface area contributed by atoms with Crippen molar-refractivity contribution in [3.8, 4) is 0 Å². The van der Waals surface area contributed by atoms with E-state index >= 15 is 0 Å². The lowest BCUT2D eigenvalue weighted by atomic mass is 9.95. The monoisotopic (exact) mass is 469 g/mol. The largest absolute Gasteiger partial charge is 0.356 e. The highest BCUT2D eigenvalue weighted by Gasteiger charge is 2.27. The number of rotatable bonds is 7. The third-order valence-corrected chi connectivity index (χ3v) is 6.39. The Hall–Kier alpha value is -3.93. The van der Waals surface area contributed by atoms with E-state index in [-0.39, 0.29) is 23.6 Å². The zero-order valence-corrected chi connectivity index (χ0v) is 20.0. The molecule has 4 rings (SSSR count). The van der Waals surface area contributed by atoms with Crippen LogP contribution in [0.5, 0.6) is 0 Å². The second kappa shape index (κ2) is 11.5. The molecule has 0 aromatic heterocycles. The molecule has 0 unspecified atom stereocenters. The van der Waals surface area contributed by atoms with Crippen LogP contribution in [0.15, 0.2) is 78.9 Å². The molecular weight excluding hydrogens is 438 g/mol. The Kier molecular flexibility index (Phi) is 7.93. The second-order valence-corrected chi connectivity index (χ2v) is 8.99. The molecule has 1 aliphatic rings. The van der Waals surface area contributed by atoms with Gasteiger partial charge in [-0.25, -0.2) is 0 Å². The van der Waals surface area contributed by atoms with Crippen LogP contribution in [0.1, 0.15) is 44.7 Å². The number of piperidine rings is 1. The van der Waals surface area contributed by atoms with Crippen molar-refractivity contribution in [3.05, 3.63) is 101 Å². The number of likely N-dealkylation sites (tertiary alicyclic amines) is 1. The lowest BCUT2D eigenvalue weighted by Crippen LogP contribution is -2.43. The molecule has 0 saturated carbocycles. The Labute approximate surface area is 206 Å². The minimum absolute atomic E-state index is 0.0637.